The minimum atomic E-state index is -3.77. The third-order valence-electron chi connectivity index (χ3n) is 11.1. The van der Waals surface area contributed by atoms with Crippen LogP contribution in [-0.4, -0.2) is 76.2 Å². The van der Waals surface area contributed by atoms with Crippen LogP contribution in [0.2, 0.25) is 16.6 Å². The zero-order chi connectivity index (χ0) is 32.1. The van der Waals surface area contributed by atoms with Crippen molar-refractivity contribution in [2.24, 2.45) is 23.7 Å². The maximum Gasteiger partial charge on any atom is 0.310 e. The number of benzene rings is 1. The summed E-state index contributed by atoms with van der Waals surface area (Å²) in [6.07, 6.45) is 4.38. The number of sulfonamides is 1. The average molecular weight is 645 g/mol. The highest BCUT2D eigenvalue weighted by Gasteiger charge is 2.61. The Morgan fingerprint density at radius 2 is 1.66 bits per heavy atom. The molecule has 8 nitrogen and oxygen atoms in total. The predicted octanol–water partition coefficient (Wildman–Crippen LogP) is 5.92. The lowest BCUT2D eigenvalue weighted by Gasteiger charge is -2.55. The summed E-state index contributed by atoms with van der Waals surface area (Å²) >= 11 is 0. The molecule has 0 N–H and O–H groups in total. The van der Waals surface area contributed by atoms with E-state index in [9.17, 15) is 18.0 Å². The Morgan fingerprint density at radius 1 is 1.02 bits per heavy atom. The van der Waals surface area contributed by atoms with E-state index in [2.05, 4.69) is 47.6 Å². The van der Waals surface area contributed by atoms with Crippen LogP contribution in [0.1, 0.15) is 73.3 Å². The number of esters is 1. The van der Waals surface area contributed by atoms with Crippen molar-refractivity contribution in [1.29, 1.82) is 0 Å². The van der Waals surface area contributed by atoms with E-state index in [1.165, 1.54) is 4.31 Å². The van der Waals surface area contributed by atoms with Gasteiger partial charge in [-0.15, -0.1) is 0 Å². The van der Waals surface area contributed by atoms with E-state index in [0.717, 1.165) is 24.0 Å². The highest BCUT2D eigenvalue weighted by Crippen LogP contribution is 2.53. The lowest BCUT2D eigenvalue weighted by Crippen LogP contribution is -2.65. The number of carbonyl (C=O) groups excluding carboxylic acids is 2. The predicted molar refractivity (Wildman–Crippen MR) is 174 cm³/mol. The number of carbonyl (C=O) groups is 2. The van der Waals surface area contributed by atoms with E-state index in [1.807, 2.05) is 11.8 Å². The van der Waals surface area contributed by atoms with Crippen LogP contribution in [0.4, 0.5) is 0 Å². The minimum absolute atomic E-state index is 0.00451. The van der Waals surface area contributed by atoms with E-state index < -0.39 is 42.1 Å². The zero-order valence-corrected chi connectivity index (χ0v) is 29.6. The lowest BCUT2D eigenvalue weighted by atomic mass is 9.61. The molecule has 3 aliphatic heterocycles. The molecule has 1 aromatic rings. The first kappa shape index (κ1) is 33.4. The normalized spacial score (nSPS) is 29.5. The first-order valence-corrected chi connectivity index (χ1v) is 20.3. The van der Waals surface area contributed by atoms with Gasteiger partial charge in [0, 0.05) is 31.5 Å². The van der Waals surface area contributed by atoms with Gasteiger partial charge in [-0.1, -0.05) is 70.9 Å². The summed E-state index contributed by atoms with van der Waals surface area (Å²) in [7, 11) is -6.10. The van der Waals surface area contributed by atoms with Crippen LogP contribution in [0.15, 0.2) is 40.8 Å². The number of aryl methyl sites for hydroxylation is 1. The molecular weight excluding hydrogens is 593 g/mol. The molecule has 0 bridgehead atoms. The van der Waals surface area contributed by atoms with Crippen molar-refractivity contribution < 1.29 is 27.2 Å². The fourth-order valence-corrected chi connectivity index (χ4v) is 16.2. The molecule has 44 heavy (non-hydrogen) atoms. The molecule has 5 rings (SSSR count). The Kier molecular flexibility index (Phi) is 9.59. The van der Waals surface area contributed by atoms with Gasteiger partial charge in [0.25, 0.3) is 0 Å². The molecule has 4 aliphatic rings. The molecule has 1 amide bonds. The maximum absolute atomic E-state index is 14.4. The maximum atomic E-state index is 14.4. The van der Waals surface area contributed by atoms with E-state index in [4.69, 9.17) is 9.16 Å². The van der Waals surface area contributed by atoms with Gasteiger partial charge in [0.1, 0.15) is 0 Å². The molecular formula is C34H52N2O6SSi. The molecule has 10 heteroatoms. The fourth-order valence-electron chi connectivity index (χ4n) is 9.16. The molecule has 1 aliphatic carbocycles. The van der Waals surface area contributed by atoms with Gasteiger partial charge in [-0.25, -0.2) is 8.42 Å². The SMILES string of the molecule is CCOC(=O)[C@H]1[C@@H]2C(=O)N3CCC[C@H]3[C@H](O[Si](C(C)C)(C(C)C)C(C)C)[C@H]2C=C2CCN(S(=O)(=O)c3ccc(C)cc3)C[C@H]21. The van der Waals surface area contributed by atoms with E-state index in [0.29, 0.717) is 36.1 Å². The highest BCUT2D eigenvalue weighted by molar-refractivity contribution is 7.89. The second kappa shape index (κ2) is 12.6. The highest BCUT2D eigenvalue weighted by atomic mass is 32.2. The minimum Gasteiger partial charge on any atom is -0.466 e. The summed E-state index contributed by atoms with van der Waals surface area (Å²) in [4.78, 5) is 30.5. The van der Waals surface area contributed by atoms with Crippen LogP contribution in [0.5, 0.6) is 0 Å². The fraction of sp³-hybridized carbons (Fsp3) is 0.706. The second-order valence-corrected chi connectivity index (χ2v) is 21.6. The summed E-state index contributed by atoms with van der Waals surface area (Å²) < 4.78 is 42.3. The van der Waals surface area contributed by atoms with Crippen LogP contribution in [-0.2, 0) is 28.8 Å². The van der Waals surface area contributed by atoms with Gasteiger partial charge in [-0.3, -0.25) is 9.59 Å². The van der Waals surface area contributed by atoms with Crippen LogP contribution < -0.4 is 0 Å². The summed E-state index contributed by atoms with van der Waals surface area (Å²) in [5, 5.41) is 0. The Hall–Kier alpha value is -2.01. The van der Waals surface area contributed by atoms with Crippen molar-refractivity contribution >= 4 is 30.2 Å². The Labute approximate surface area is 265 Å². The number of hydrogen-bond acceptors (Lipinski definition) is 6. The quantitative estimate of drug-likeness (QED) is 0.188. The summed E-state index contributed by atoms with van der Waals surface area (Å²) in [6, 6.07) is 6.88. The van der Waals surface area contributed by atoms with E-state index >= 15 is 0 Å². The zero-order valence-electron chi connectivity index (χ0n) is 27.8. The van der Waals surface area contributed by atoms with Crippen molar-refractivity contribution in [3.8, 4) is 0 Å². The largest absolute Gasteiger partial charge is 0.466 e. The van der Waals surface area contributed by atoms with Crippen LogP contribution in [0.3, 0.4) is 0 Å². The van der Waals surface area contributed by atoms with Crippen molar-refractivity contribution in [1.82, 2.24) is 9.21 Å². The molecule has 244 valence electrons. The van der Waals surface area contributed by atoms with Gasteiger partial charge in [0.05, 0.1) is 35.5 Å². The average Bonchev–Trinajstić information content (AvgIpc) is 3.46. The van der Waals surface area contributed by atoms with Gasteiger partial charge >= 0.3 is 5.97 Å². The van der Waals surface area contributed by atoms with Crippen LogP contribution in [0, 0.1) is 30.6 Å². The standard InChI is InChI=1S/C34H52N2O6SSi/c1-9-41-34(38)31-28-20-35(43(39,40)26-14-12-24(8)13-15-26)18-16-25(28)19-27-30(31)33(37)36-17-10-11-29(36)32(27)42-44(21(2)3,22(4)5)23(6)7/h12-15,19,21-23,27-32H,9-11,16-18,20H2,1-8H3/t27-,28+,29-,30+,31+,32+/m0/s1. The Bertz CT molecular complexity index is 1350. The Balaban J connectivity index is 1.59. The van der Waals surface area contributed by atoms with Crippen molar-refractivity contribution in [2.75, 3.05) is 26.2 Å². The van der Waals surface area contributed by atoms with Gasteiger partial charge in [-0.2, -0.15) is 4.31 Å². The molecule has 6 atom stereocenters. The molecule has 3 fully saturated rings. The summed E-state index contributed by atoms with van der Waals surface area (Å²) in [5.41, 5.74) is 3.20. The molecule has 0 saturated carbocycles. The summed E-state index contributed by atoms with van der Waals surface area (Å²) in [5.74, 6) is -2.47. The number of rotatable bonds is 9. The smallest absolute Gasteiger partial charge is 0.310 e. The molecule has 0 radical (unpaired) electrons. The third kappa shape index (κ3) is 5.51. The summed E-state index contributed by atoms with van der Waals surface area (Å²) in [6.45, 7) is 18.8. The number of fused-ring (bicyclic) bond motifs is 3. The van der Waals surface area contributed by atoms with Gasteiger partial charge in [0.2, 0.25) is 24.2 Å². The van der Waals surface area contributed by atoms with Gasteiger partial charge in [-0.05, 0) is 61.9 Å². The molecule has 1 aromatic carbocycles. The van der Waals surface area contributed by atoms with E-state index in [1.54, 1.807) is 31.2 Å². The molecule has 0 aromatic heterocycles. The number of amides is 1. The number of ether oxygens (including phenoxy) is 1. The van der Waals surface area contributed by atoms with Crippen molar-refractivity contribution in [2.45, 2.75) is 108 Å². The van der Waals surface area contributed by atoms with Crippen molar-refractivity contribution in [3.63, 3.8) is 0 Å². The first-order chi connectivity index (χ1) is 20.7. The van der Waals surface area contributed by atoms with Gasteiger partial charge in [0.15, 0.2) is 0 Å². The molecule has 0 unspecified atom stereocenters. The van der Waals surface area contributed by atoms with Gasteiger partial charge < -0.3 is 14.1 Å². The molecule has 3 saturated heterocycles. The second-order valence-electron chi connectivity index (χ2n) is 14.3. The number of piperidine rings is 2. The number of hydrogen-bond donors (Lipinski definition) is 0. The molecule has 0 spiro atoms. The Morgan fingerprint density at radius 3 is 2.25 bits per heavy atom. The lowest BCUT2D eigenvalue weighted by molar-refractivity contribution is -0.168. The molecule has 3 heterocycles. The monoisotopic (exact) mass is 644 g/mol. The van der Waals surface area contributed by atoms with E-state index in [-0.39, 0.29) is 42.0 Å². The van der Waals surface area contributed by atoms with Crippen molar-refractivity contribution in [3.05, 3.63) is 41.5 Å². The third-order valence-corrected chi connectivity index (χ3v) is 19.0. The number of nitrogens with zero attached hydrogens (tertiary/aromatic N) is 2. The van der Waals surface area contributed by atoms with Crippen LogP contribution >= 0.6 is 0 Å². The topological polar surface area (TPSA) is 93.2 Å². The van der Waals surface area contributed by atoms with Crippen LogP contribution in [0.25, 0.3) is 0 Å². The first-order valence-electron chi connectivity index (χ1n) is 16.7.